The molecule has 8 nitrogen and oxygen atoms in total. The summed E-state index contributed by atoms with van der Waals surface area (Å²) >= 11 is 0. The van der Waals surface area contributed by atoms with Crippen LogP contribution in [0.2, 0.25) is 0 Å². The van der Waals surface area contributed by atoms with Crippen molar-refractivity contribution >= 4 is 17.8 Å². The van der Waals surface area contributed by atoms with Crippen molar-refractivity contribution in [2.75, 3.05) is 45.9 Å². The monoisotopic (exact) mass is 298 g/mol. The van der Waals surface area contributed by atoms with E-state index < -0.39 is 5.60 Å². The minimum atomic E-state index is -1.03. The number of morpholine rings is 1. The SMILES string of the molecule is CC(=O)N1CCO[C@](C)(C(=O)NCCN2CCNC2=O)C1. The maximum absolute atomic E-state index is 12.3. The number of carbonyl (C=O) groups is 3. The molecule has 21 heavy (non-hydrogen) atoms. The van der Waals surface area contributed by atoms with Gasteiger partial charge in [0.15, 0.2) is 5.60 Å². The lowest BCUT2D eigenvalue weighted by atomic mass is 10.0. The van der Waals surface area contributed by atoms with Crippen LogP contribution in [0, 0.1) is 0 Å². The van der Waals surface area contributed by atoms with E-state index in [-0.39, 0.29) is 24.4 Å². The molecule has 1 atom stereocenters. The molecule has 2 saturated heterocycles. The molecule has 2 fully saturated rings. The van der Waals surface area contributed by atoms with Gasteiger partial charge >= 0.3 is 6.03 Å². The van der Waals surface area contributed by atoms with Crippen molar-refractivity contribution in [2.24, 2.45) is 0 Å². The molecular weight excluding hydrogens is 276 g/mol. The van der Waals surface area contributed by atoms with Crippen molar-refractivity contribution in [1.29, 1.82) is 0 Å². The third kappa shape index (κ3) is 3.63. The first-order valence-electron chi connectivity index (χ1n) is 7.13. The molecule has 0 aromatic rings. The molecule has 2 aliphatic rings. The molecule has 2 heterocycles. The molecule has 2 rings (SSSR count). The second kappa shape index (κ2) is 6.30. The molecule has 0 radical (unpaired) electrons. The van der Waals surface area contributed by atoms with Crippen LogP contribution in [0.15, 0.2) is 0 Å². The van der Waals surface area contributed by atoms with Crippen molar-refractivity contribution in [3.63, 3.8) is 0 Å². The van der Waals surface area contributed by atoms with E-state index in [1.165, 1.54) is 6.92 Å². The van der Waals surface area contributed by atoms with Crippen LogP contribution in [-0.2, 0) is 14.3 Å². The average Bonchev–Trinajstić information content (AvgIpc) is 2.84. The molecular formula is C13H22N4O4. The normalized spacial score (nSPS) is 25.7. The molecule has 0 aromatic heterocycles. The molecule has 0 unspecified atom stereocenters. The van der Waals surface area contributed by atoms with Gasteiger partial charge in [0, 0.05) is 39.6 Å². The predicted molar refractivity (Wildman–Crippen MR) is 74.6 cm³/mol. The number of amides is 4. The lowest BCUT2D eigenvalue weighted by Gasteiger charge is -2.38. The Morgan fingerprint density at radius 2 is 2.19 bits per heavy atom. The first kappa shape index (κ1) is 15.6. The Balaban J connectivity index is 1.81. The van der Waals surface area contributed by atoms with Crippen LogP contribution in [0.5, 0.6) is 0 Å². The minimum Gasteiger partial charge on any atom is -0.362 e. The second-order valence-corrected chi connectivity index (χ2v) is 5.49. The Hall–Kier alpha value is -1.83. The van der Waals surface area contributed by atoms with Gasteiger partial charge in [0.2, 0.25) is 5.91 Å². The summed E-state index contributed by atoms with van der Waals surface area (Å²) in [4.78, 5) is 38.3. The van der Waals surface area contributed by atoms with Crippen LogP contribution < -0.4 is 10.6 Å². The van der Waals surface area contributed by atoms with Gasteiger partial charge < -0.3 is 25.2 Å². The van der Waals surface area contributed by atoms with Gasteiger partial charge in [-0.25, -0.2) is 4.79 Å². The molecule has 2 N–H and O–H groups in total. The average molecular weight is 298 g/mol. The molecule has 0 saturated carbocycles. The summed E-state index contributed by atoms with van der Waals surface area (Å²) in [6.07, 6.45) is 0. The number of ether oxygens (including phenoxy) is 1. The first-order valence-corrected chi connectivity index (χ1v) is 7.13. The molecule has 2 aliphatic heterocycles. The summed E-state index contributed by atoms with van der Waals surface area (Å²) in [6.45, 7) is 6.38. The number of carbonyl (C=O) groups excluding carboxylic acids is 3. The number of rotatable bonds is 4. The zero-order chi connectivity index (χ0) is 15.5. The van der Waals surface area contributed by atoms with E-state index in [0.29, 0.717) is 39.3 Å². The Morgan fingerprint density at radius 1 is 1.43 bits per heavy atom. The van der Waals surface area contributed by atoms with Gasteiger partial charge in [-0.1, -0.05) is 0 Å². The van der Waals surface area contributed by atoms with E-state index in [1.807, 2.05) is 0 Å². The van der Waals surface area contributed by atoms with Crippen LogP contribution in [0.25, 0.3) is 0 Å². The van der Waals surface area contributed by atoms with Crippen molar-refractivity contribution in [1.82, 2.24) is 20.4 Å². The lowest BCUT2D eigenvalue weighted by molar-refractivity contribution is -0.162. The van der Waals surface area contributed by atoms with Crippen LogP contribution >= 0.6 is 0 Å². The third-order valence-electron chi connectivity index (χ3n) is 3.81. The zero-order valence-corrected chi connectivity index (χ0v) is 12.5. The summed E-state index contributed by atoms with van der Waals surface area (Å²) in [5.41, 5.74) is -1.03. The van der Waals surface area contributed by atoms with Gasteiger partial charge in [0.05, 0.1) is 13.2 Å². The lowest BCUT2D eigenvalue weighted by Crippen LogP contribution is -2.59. The fraction of sp³-hybridized carbons (Fsp3) is 0.769. The smallest absolute Gasteiger partial charge is 0.317 e. The highest BCUT2D eigenvalue weighted by Gasteiger charge is 2.39. The zero-order valence-electron chi connectivity index (χ0n) is 12.5. The fourth-order valence-electron chi connectivity index (χ4n) is 2.49. The highest BCUT2D eigenvalue weighted by atomic mass is 16.5. The summed E-state index contributed by atoms with van der Waals surface area (Å²) in [5, 5.41) is 5.48. The van der Waals surface area contributed by atoms with E-state index in [4.69, 9.17) is 4.74 Å². The Labute approximate surface area is 123 Å². The van der Waals surface area contributed by atoms with E-state index in [1.54, 1.807) is 16.7 Å². The van der Waals surface area contributed by atoms with Gasteiger partial charge in [-0.05, 0) is 6.92 Å². The molecule has 0 spiro atoms. The minimum absolute atomic E-state index is 0.0638. The van der Waals surface area contributed by atoms with Gasteiger partial charge in [-0.15, -0.1) is 0 Å². The van der Waals surface area contributed by atoms with Crippen LogP contribution in [0.3, 0.4) is 0 Å². The van der Waals surface area contributed by atoms with Crippen molar-refractivity contribution in [2.45, 2.75) is 19.4 Å². The highest BCUT2D eigenvalue weighted by molar-refractivity contribution is 5.86. The van der Waals surface area contributed by atoms with Gasteiger partial charge in [-0.3, -0.25) is 9.59 Å². The Kier molecular flexibility index (Phi) is 4.66. The molecule has 8 heteroatoms. The van der Waals surface area contributed by atoms with Gasteiger partial charge in [-0.2, -0.15) is 0 Å². The number of nitrogens with zero attached hydrogens (tertiary/aromatic N) is 2. The van der Waals surface area contributed by atoms with Gasteiger partial charge in [0.1, 0.15) is 0 Å². The Morgan fingerprint density at radius 3 is 2.81 bits per heavy atom. The Bertz CT molecular complexity index is 442. The summed E-state index contributed by atoms with van der Waals surface area (Å²) in [6, 6.07) is -0.105. The summed E-state index contributed by atoms with van der Waals surface area (Å²) < 4.78 is 5.55. The standard InChI is InChI=1S/C13H22N4O4/c1-10(18)17-7-8-21-13(2,9-17)11(19)14-3-5-16-6-4-15-12(16)20/h3-9H2,1-2H3,(H,14,19)(H,15,20)/t13-/m0/s1. The van der Waals surface area contributed by atoms with E-state index in [2.05, 4.69) is 10.6 Å². The van der Waals surface area contributed by atoms with Crippen molar-refractivity contribution in [3.8, 4) is 0 Å². The van der Waals surface area contributed by atoms with E-state index >= 15 is 0 Å². The second-order valence-electron chi connectivity index (χ2n) is 5.49. The van der Waals surface area contributed by atoms with E-state index in [0.717, 1.165) is 0 Å². The molecule has 0 aliphatic carbocycles. The largest absolute Gasteiger partial charge is 0.362 e. The van der Waals surface area contributed by atoms with E-state index in [9.17, 15) is 14.4 Å². The van der Waals surface area contributed by atoms with Crippen LogP contribution in [0.4, 0.5) is 4.79 Å². The molecule has 4 amide bonds. The first-order chi connectivity index (χ1) is 9.92. The number of urea groups is 1. The van der Waals surface area contributed by atoms with Crippen LogP contribution in [0.1, 0.15) is 13.8 Å². The van der Waals surface area contributed by atoms with Crippen molar-refractivity contribution < 1.29 is 19.1 Å². The molecule has 118 valence electrons. The van der Waals surface area contributed by atoms with Crippen molar-refractivity contribution in [3.05, 3.63) is 0 Å². The van der Waals surface area contributed by atoms with Crippen LogP contribution in [-0.4, -0.2) is 79.1 Å². The maximum Gasteiger partial charge on any atom is 0.317 e. The highest BCUT2D eigenvalue weighted by Crippen LogP contribution is 2.18. The quantitative estimate of drug-likeness (QED) is 0.679. The third-order valence-corrected chi connectivity index (χ3v) is 3.81. The number of nitrogens with one attached hydrogen (secondary N) is 2. The maximum atomic E-state index is 12.3. The predicted octanol–water partition coefficient (Wildman–Crippen LogP) is -1.23. The number of hydrogen-bond acceptors (Lipinski definition) is 4. The molecule has 0 aromatic carbocycles. The molecule has 0 bridgehead atoms. The number of hydrogen-bond donors (Lipinski definition) is 2. The summed E-state index contributed by atoms with van der Waals surface area (Å²) in [7, 11) is 0. The topological polar surface area (TPSA) is 91.0 Å². The fourth-order valence-corrected chi connectivity index (χ4v) is 2.49. The summed E-state index contributed by atoms with van der Waals surface area (Å²) in [5.74, 6) is -0.320. The van der Waals surface area contributed by atoms with Gasteiger partial charge in [0.25, 0.3) is 5.91 Å².